The van der Waals surface area contributed by atoms with E-state index in [2.05, 4.69) is 0 Å². The number of hydrogen-bond acceptors (Lipinski definition) is 5. The summed E-state index contributed by atoms with van der Waals surface area (Å²) >= 11 is 0. The van der Waals surface area contributed by atoms with Gasteiger partial charge in [-0.3, -0.25) is 4.79 Å². The highest BCUT2D eigenvalue weighted by atomic mass is 16.5. The SMILES string of the molecule is COc1ccc(C(=O)/C=C/c2ccc(O)c(C(=O)O)c2)cc1OCC1CC1. The first-order chi connectivity index (χ1) is 13.0. The van der Waals surface area contributed by atoms with E-state index < -0.39 is 5.97 Å². The molecule has 0 spiro atoms. The van der Waals surface area contributed by atoms with E-state index in [9.17, 15) is 14.7 Å². The largest absolute Gasteiger partial charge is 0.507 e. The van der Waals surface area contributed by atoms with Crippen LogP contribution in [0.15, 0.2) is 42.5 Å². The fourth-order valence-corrected chi connectivity index (χ4v) is 2.53. The Bertz CT molecular complexity index is 896. The van der Waals surface area contributed by atoms with Crippen LogP contribution in [0.4, 0.5) is 0 Å². The first-order valence-corrected chi connectivity index (χ1v) is 8.57. The van der Waals surface area contributed by atoms with Gasteiger partial charge in [0.05, 0.1) is 13.7 Å². The number of allylic oxidation sites excluding steroid dienone is 1. The molecule has 1 aliphatic carbocycles. The molecular weight excluding hydrogens is 348 g/mol. The summed E-state index contributed by atoms with van der Waals surface area (Å²) < 4.78 is 11.0. The van der Waals surface area contributed by atoms with Gasteiger partial charge in [-0.2, -0.15) is 0 Å². The van der Waals surface area contributed by atoms with Gasteiger partial charge in [0, 0.05) is 5.56 Å². The van der Waals surface area contributed by atoms with E-state index in [-0.39, 0.29) is 17.1 Å². The minimum Gasteiger partial charge on any atom is -0.507 e. The summed E-state index contributed by atoms with van der Waals surface area (Å²) in [5.41, 5.74) is 0.720. The van der Waals surface area contributed by atoms with Crippen molar-refractivity contribution >= 4 is 17.8 Å². The van der Waals surface area contributed by atoms with E-state index in [1.54, 1.807) is 25.3 Å². The van der Waals surface area contributed by atoms with Crippen molar-refractivity contribution in [3.05, 3.63) is 59.2 Å². The second-order valence-electron chi connectivity index (χ2n) is 6.40. The summed E-state index contributed by atoms with van der Waals surface area (Å²) in [6, 6.07) is 9.10. The lowest BCUT2D eigenvalue weighted by Gasteiger charge is -2.11. The molecule has 0 atom stereocenters. The van der Waals surface area contributed by atoms with Crippen molar-refractivity contribution in [1.82, 2.24) is 0 Å². The summed E-state index contributed by atoms with van der Waals surface area (Å²) in [4.78, 5) is 23.5. The van der Waals surface area contributed by atoms with Crippen LogP contribution >= 0.6 is 0 Å². The molecule has 0 unspecified atom stereocenters. The topological polar surface area (TPSA) is 93.1 Å². The summed E-state index contributed by atoms with van der Waals surface area (Å²) in [6.45, 7) is 0.606. The predicted octanol–water partition coefficient (Wildman–Crippen LogP) is 3.78. The summed E-state index contributed by atoms with van der Waals surface area (Å²) in [5, 5.41) is 18.6. The molecule has 0 aliphatic heterocycles. The Morgan fingerprint density at radius 2 is 1.93 bits per heavy atom. The van der Waals surface area contributed by atoms with Gasteiger partial charge in [0.15, 0.2) is 17.3 Å². The highest BCUT2D eigenvalue weighted by Crippen LogP contribution is 2.33. The predicted molar refractivity (Wildman–Crippen MR) is 99.6 cm³/mol. The monoisotopic (exact) mass is 368 g/mol. The minimum absolute atomic E-state index is 0.218. The number of carboxylic acids is 1. The van der Waals surface area contributed by atoms with Crippen molar-refractivity contribution in [2.75, 3.05) is 13.7 Å². The lowest BCUT2D eigenvalue weighted by atomic mass is 10.1. The molecule has 0 aromatic heterocycles. The normalized spacial score (nSPS) is 13.5. The third-order valence-electron chi connectivity index (χ3n) is 4.30. The highest BCUT2D eigenvalue weighted by Gasteiger charge is 2.22. The summed E-state index contributed by atoms with van der Waals surface area (Å²) in [7, 11) is 1.55. The number of aromatic carboxylic acids is 1. The van der Waals surface area contributed by atoms with E-state index in [1.807, 2.05) is 0 Å². The van der Waals surface area contributed by atoms with E-state index in [1.165, 1.54) is 30.4 Å². The number of ether oxygens (including phenoxy) is 2. The lowest BCUT2D eigenvalue weighted by molar-refractivity contribution is 0.0693. The Morgan fingerprint density at radius 1 is 1.15 bits per heavy atom. The quantitative estimate of drug-likeness (QED) is 0.544. The van der Waals surface area contributed by atoms with Crippen LogP contribution in [0.25, 0.3) is 6.08 Å². The van der Waals surface area contributed by atoms with E-state index in [0.29, 0.717) is 35.2 Å². The molecule has 1 saturated carbocycles. The molecule has 6 heteroatoms. The van der Waals surface area contributed by atoms with Gasteiger partial charge in [0.25, 0.3) is 0 Å². The second kappa shape index (κ2) is 7.95. The zero-order chi connectivity index (χ0) is 19.4. The number of aromatic hydroxyl groups is 1. The van der Waals surface area contributed by atoms with Gasteiger partial charge in [-0.1, -0.05) is 12.1 Å². The van der Waals surface area contributed by atoms with Gasteiger partial charge >= 0.3 is 5.97 Å². The van der Waals surface area contributed by atoms with E-state index in [4.69, 9.17) is 14.6 Å². The molecule has 6 nitrogen and oxygen atoms in total. The molecule has 1 aliphatic rings. The molecule has 2 N–H and O–H groups in total. The number of methoxy groups -OCH3 is 1. The number of rotatable bonds is 8. The average Bonchev–Trinajstić information content (AvgIpc) is 3.49. The van der Waals surface area contributed by atoms with Gasteiger partial charge in [-0.05, 0) is 60.7 Å². The standard InChI is InChI=1S/C21H20O6/c1-26-19-9-6-15(11-20(19)27-12-14-2-3-14)17(22)7-4-13-5-8-18(23)16(10-13)21(24)25/h4-11,14,23H,2-3,12H2,1H3,(H,24,25)/b7-4+. The molecule has 0 bridgehead atoms. The number of hydrogen-bond donors (Lipinski definition) is 2. The second-order valence-corrected chi connectivity index (χ2v) is 6.40. The molecule has 27 heavy (non-hydrogen) atoms. The van der Waals surface area contributed by atoms with Crippen LogP contribution in [0.1, 0.15) is 39.1 Å². The number of carboxylic acid groups (broad SMARTS) is 1. The van der Waals surface area contributed by atoms with Gasteiger partial charge in [0.1, 0.15) is 11.3 Å². The highest BCUT2D eigenvalue weighted by molar-refractivity contribution is 6.07. The van der Waals surface area contributed by atoms with Crippen molar-refractivity contribution < 1.29 is 29.3 Å². The van der Waals surface area contributed by atoms with Crippen LogP contribution in [0, 0.1) is 5.92 Å². The van der Waals surface area contributed by atoms with Crippen LogP contribution in [-0.2, 0) is 0 Å². The Balaban J connectivity index is 1.77. The number of carbonyl (C=O) groups is 2. The minimum atomic E-state index is -1.23. The molecule has 2 aromatic carbocycles. The van der Waals surface area contributed by atoms with Gasteiger partial charge in [-0.25, -0.2) is 4.79 Å². The van der Waals surface area contributed by atoms with Crippen molar-refractivity contribution in [2.24, 2.45) is 5.92 Å². The third-order valence-corrected chi connectivity index (χ3v) is 4.30. The number of ketones is 1. The van der Waals surface area contributed by atoms with Crippen LogP contribution < -0.4 is 9.47 Å². The Kier molecular flexibility index (Phi) is 5.45. The molecule has 0 amide bonds. The Labute approximate surface area is 156 Å². The van der Waals surface area contributed by atoms with E-state index >= 15 is 0 Å². The van der Waals surface area contributed by atoms with Crippen LogP contribution in [0.3, 0.4) is 0 Å². The van der Waals surface area contributed by atoms with Crippen LogP contribution in [0.2, 0.25) is 0 Å². The molecule has 0 radical (unpaired) electrons. The van der Waals surface area contributed by atoms with Crippen molar-refractivity contribution in [2.45, 2.75) is 12.8 Å². The molecular formula is C21H20O6. The molecule has 0 saturated heterocycles. The molecule has 1 fully saturated rings. The first-order valence-electron chi connectivity index (χ1n) is 8.57. The van der Waals surface area contributed by atoms with Gasteiger partial charge in [-0.15, -0.1) is 0 Å². The maximum atomic E-state index is 12.5. The number of carbonyl (C=O) groups excluding carboxylic acids is 1. The van der Waals surface area contributed by atoms with Crippen molar-refractivity contribution in [1.29, 1.82) is 0 Å². The molecule has 3 rings (SSSR count). The molecule has 0 heterocycles. The summed E-state index contributed by atoms with van der Waals surface area (Å²) in [5.74, 6) is -0.131. The Hall–Kier alpha value is -3.28. The zero-order valence-corrected chi connectivity index (χ0v) is 14.8. The van der Waals surface area contributed by atoms with Crippen molar-refractivity contribution in [3.8, 4) is 17.2 Å². The number of phenols is 1. The van der Waals surface area contributed by atoms with Crippen molar-refractivity contribution in [3.63, 3.8) is 0 Å². The van der Waals surface area contributed by atoms with E-state index in [0.717, 1.165) is 12.8 Å². The smallest absolute Gasteiger partial charge is 0.339 e. The maximum Gasteiger partial charge on any atom is 0.339 e. The average molecular weight is 368 g/mol. The third kappa shape index (κ3) is 4.67. The fourth-order valence-electron chi connectivity index (χ4n) is 2.53. The number of benzene rings is 2. The zero-order valence-electron chi connectivity index (χ0n) is 14.8. The Morgan fingerprint density at radius 3 is 2.59 bits per heavy atom. The van der Waals surface area contributed by atoms with Gasteiger partial charge < -0.3 is 19.7 Å². The molecule has 2 aromatic rings. The van der Waals surface area contributed by atoms with Crippen LogP contribution in [-0.4, -0.2) is 35.7 Å². The summed E-state index contributed by atoms with van der Waals surface area (Å²) in [6.07, 6.45) is 5.18. The fraction of sp³-hybridized carbons (Fsp3) is 0.238. The maximum absolute atomic E-state index is 12.5. The first kappa shape index (κ1) is 18.5. The van der Waals surface area contributed by atoms with Gasteiger partial charge in [0.2, 0.25) is 0 Å². The molecule has 140 valence electrons. The van der Waals surface area contributed by atoms with Crippen LogP contribution in [0.5, 0.6) is 17.2 Å². The lowest BCUT2D eigenvalue weighted by Crippen LogP contribution is -2.03.